The van der Waals surface area contributed by atoms with E-state index in [2.05, 4.69) is 11.1 Å². The third-order valence-corrected chi connectivity index (χ3v) is 2.51. The molecule has 82 valence electrons. The highest BCUT2D eigenvalue weighted by Gasteiger charge is 2.08. The van der Waals surface area contributed by atoms with Gasteiger partial charge in [0.25, 0.3) is 0 Å². The molecule has 2 rings (SSSR count). The minimum Gasteiger partial charge on any atom is -0.441 e. The van der Waals surface area contributed by atoms with Crippen molar-refractivity contribution >= 4 is 11.1 Å². The van der Waals surface area contributed by atoms with Gasteiger partial charge >= 0.3 is 0 Å². The van der Waals surface area contributed by atoms with Crippen molar-refractivity contribution in [2.45, 2.75) is 25.8 Å². The molecule has 4 heteroatoms. The molecule has 1 aromatic carbocycles. The van der Waals surface area contributed by atoms with Gasteiger partial charge in [-0.25, -0.2) is 4.98 Å². The van der Waals surface area contributed by atoms with Crippen LogP contribution in [-0.4, -0.2) is 4.98 Å². The van der Waals surface area contributed by atoms with Crippen molar-refractivity contribution in [3.8, 4) is 6.07 Å². The summed E-state index contributed by atoms with van der Waals surface area (Å²) in [6, 6.07) is 7.71. The van der Waals surface area contributed by atoms with Gasteiger partial charge in [0.1, 0.15) is 5.52 Å². The molecule has 16 heavy (non-hydrogen) atoms. The Morgan fingerprint density at radius 2 is 2.38 bits per heavy atom. The van der Waals surface area contributed by atoms with Crippen LogP contribution in [0.1, 0.15) is 30.3 Å². The summed E-state index contributed by atoms with van der Waals surface area (Å²) in [5.41, 5.74) is 8.54. The molecular formula is C12H13N3O. The fraction of sp³-hybridized carbons (Fsp3) is 0.333. The molecule has 0 spiro atoms. The van der Waals surface area contributed by atoms with Gasteiger partial charge in [0.15, 0.2) is 11.5 Å². The van der Waals surface area contributed by atoms with Gasteiger partial charge in [0.05, 0.1) is 6.07 Å². The summed E-state index contributed by atoms with van der Waals surface area (Å²) in [4.78, 5) is 4.22. The van der Waals surface area contributed by atoms with E-state index in [4.69, 9.17) is 15.4 Å². The molecule has 0 amide bonds. The lowest BCUT2D eigenvalue weighted by Gasteiger charge is -2.08. The van der Waals surface area contributed by atoms with Crippen LogP contribution in [0.25, 0.3) is 11.1 Å². The summed E-state index contributed by atoms with van der Waals surface area (Å²) in [6.45, 7) is 1.81. The molecule has 2 aromatic rings. The SMILES string of the molecule is Cc1nc2ccc(C(N)CCC#N)cc2o1. The van der Waals surface area contributed by atoms with Crippen molar-refractivity contribution in [1.82, 2.24) is 4.98 Å². The van der Waals surface area contributed by atoms with Crippen LogP contribution < -0.4 is 5.73 Å². The maximum atomic E-state index is 8.50. The van der Waals surface area contributed by atoms with Crippen molar-refractivity contribution in [3.05, 3.63) is 29.7 Å². The second-order valence-electron chi connectivity index (χ2n) is 3.76. The largest absolute Gasteiger partial charge is 0.441 e. The van der Waals surface area contributed by atoms with Crippen molar-refractivity contribution < 1.29 is 4.42 Å². The molecule has 0 aliphatic heterocycles. The molecule has 1 heterocycles. The third-order valence-electron chi connectivity index (χ3n) is 2.51. The molecule has 1 atom stereocenters. The van der Waals surface area contributed by atoms with E-state index in [9.17, 15) is 0 Å². The number of nitriles is 1. The molecule has 0 fully saturated rings. The van der Waals surface area contributed by atoms with Gasteiger partial charge in [0, 0.05) is 19.4 Å². The van der Waals surface area contributed by atoms with Crippen molar-refractivity contribution in [3.63, 3.8) is 0 Å². The number of nitrogens with zero attached hydrogens (tertiary/aromatic N) is 2. The fourth-order valence-corrected chi connectivity index (χ4v) is 1.67. The van der Waals surface area contributed by atoms with Gasteiger partial charge in [-0.2, -0.15) is 5.26 Å². The summed E-state index contributed by atoms with van der Waals surface area (Å²) in [7, 11) is 0. The van der Waals surface area contributed by atoms with E-state index < -0.39 is 0 Å². The number of aryl methyl sites for hydroxylation is 1. The molecule has 0 saturated carbocycles. The van der Waals surface area contributed by atoms with Gasteiger partial charge in [-0.05, 0) is 24.1 Å². The number of benzene rings is 1. The molecule has 0 radical (unpaired) electrons. The minimum atomic E-state index is -0.116. The van der Waals surface area contributed by atoms with E-state index in [0.717, 1.165) is 16.7 Å². The second kappa shape index (κ2) is 4.33. The number of hydrogen-bond donors (Lipinski definition) is 1. The summed E-state index contributed by atoms with van der Waals surface area (Å²) < 4.78 is 5.43. The number of fused-ring (bicyclic) bond motifs is 1. The topological polar surface area (TPSA) is 75.8 Å². The van der Waals surface area contributed by atoms with Crippen LogP contribution in [0.15, 0.2) is 22.6 Å². The number of nitrogens with two attached hydrogens (primary N) is 1. The summed E-state index contributed by atoms with van der Waals surface area (Å²) >= 11 is 0. The first kappa shape index (κ1) is 10.7. The summed E-state index contributed by atoms with van der Waals surface area (Å²) in [5.74, 6) is 0.651. The number of oxazole rings is 1. The lowest BCUT2D eigenvalue weighted by Crippen LogP contribution is -2.09. The van der Waals surface area contributed by atoms with Crippen LogP contribution in [0.3, 0.4) is 0 Å². The van der Waals surface area contributed by atoms with Crippen LogP contribution in [0, 0.1) is 18.3 Å². The van der Waals surface area contributed by atoms with E-state index >= 15 is 0 Å². The zero-order valence-corrected chi connectivity index (χ0v) is 9.10. The van der Waals surface area contributed by atoms with Crippen molar-refractivity contribution in [1.29, 1.82) is 5.26 Å². The van der Waals surface area contributed by atoms with Gasteiger partial charge in [-0.1, -0.05) is 6.07 Å². The van der Waals surface area contributed by atoms with Crippen LogP contribution in [-0.2, 0) is 0 Å². The molecule has 0 saturated heterocycles. The monoisotopic (exact) mass is 215 g/mol. The minimum absolute atomic E-state index is 0.116. The molecule has 0 bridgehead atoms. The first-order chi connectivity index (χ1) is 7.70. The normalized spacial score (nSPS) is 12.6. The standard InChI is InChI=1S/C12H13N3O/c1-8-15-11-5-4-9(7-12(11)16-8)10(14)3-2-6-13/h4-5,7,10H,2-3,14H2,1H3. The Bertz CT molecular complexity index is 539. The average molecular weight is 215 g/mol. The van der Waals surface area contributed by atoms with Gasteiger partial charge in [-0.3, -0.25) is 0 Å². The third kappa shape index (κ3) is 2.05. The maximum absolute atomic E-state index is 8.50. The summed E-state index contributed by atoms with van der Waals surface area (Å²) in [6.07, 6.45) is 1.13. The van der Waals surface area contributed by atoms with Crippen molar-refractivity contribution in [2.24, 2.45) is 5.73 Å². The lowest BCUT2D eigenvalue weighted by molar-refractivity contribution is 0.559. The van der Waals surface area contributed by atoms with Gasteiger partial charge in [0.2, 0.25) is 0 Å². The van der Waals surface area contributed by atoms with Crippen LogP contribution in [0.5, 0.6) is 0 Å². The van der Waals surface area contributed by atoms with Crippen LogP contribution in [0.2, 0.25) is 0 Å². The smallest absolute Gasteiger partial charge is 0.192 e. The van der Waals surface area contributed by atoms with E-state index in [1.165, 1.54) is 0 Å². The lowest BCUT2D eigenvalue weighted by atomic mass is 10.0. The highest BCUT2D eigenvalue weighted by Crippen LogP contribution is 2.22. The maximum Gasteiger partial charge on any atom is 0.192 e. The van der Waals surface area contributed by atoms with Gasteiger partial charge in [-0.15, -0.1) is 0 Å². The first-order valence-corrected chi connectivity index (χ1v) is 5.20. The van der Waals surface area contributed by atoms with Gasteiger partial charge < -0.3 is 10.2 Å². The Balaban J connectivity index is 2.28. The number of rotatable bonds is 3. The Labute approximate surface area is 93.7 Å². The van der Waals surface area contributed by atoms with E-state index in [0.29, 0.717) is 18.7 Å². The second-order valence-corrected chi connectivity index (χ2v) is 3.76. The highest BCUT2D eigenvalue weighted by molar-refractivity contribution is 5.73. The van der Waals surface area contributed by atoms with Crippen LogP contribution in [0.4, 0.5) is 0 Å². The Kier molecular flexibility index (Phi) is 2.88. The molecular weight excluding hydrogens is 202 g/mol. The highest BCUT2D eigenvalue weighted by atomic mass is 16.3. The van der Waals surface area contributed by atoms with Crippen molar-refractivity contribution in [2.75, 3.05) is 0 Å². The Morgan fingerprint density at radius 1 is 1.56 bits per heavy atom. The molecule has 0 aliphatic rings. The number of hydrogen-bond acceptors (Lipinski definition) is 4. The van der Waals surface area contributed by atoms with E-state index in [-0.39, 0.29) is 6.04 Å². The molecule has 1 aromatic heterocycles. The quantitative estimate of drug-likeness (QED) is 0.853. The number of aromatic nitrogens is 1. The van der Waals surface area contributed by atoms with E-state index in [1.807, 2.05) is 25.1 Å². The first-order valence-electron chi connectivity index (χ1n) is 5.20. The average Bonchev–Trinajstić information content (AvgIpc) is 2.64. The predicted octanol–water partition coefficient (Wildman–Crippen LogP) is 2.44. The van der Waals surface area contributed by atoms with E-state index in [1.54, 1.807) is 0 Å². The zero-order valence-electron chi connectivity index (χ0n) is 9.10. The molecule has 0 aliphatic carbocycles. The Hall–Kier alpha value is -1.86. The summed E-state index contributed by atoms with van der Waals surface area (Å²) in [5, 5.41) is 8.50. The zero-order chi connectivity index (χ0) is 11.5. The molecule has 4 nitrogen and oxygen atoms in total. The predicted molar refractivity (Wildman–Crippen MR) is 60.5 cm³/mol. The fourth-order valence-electron chi connectivity index (χ4n) is 1.67. The molecule has 1 unspecified atom stereocenters. The van der Waals surface area contributed by atoms with Crippen LogP contribution >= 0.6 is 0 Å². The Morgan fingerprint density at radius 3 is 3.12 bits per heavy atom. The molecule has 2 N–H and O–H groups in total.